The van der Waals surface area contributed by atoms with Crippen LogP contribution in [0.25, 0.3) is 0 Å². The molecular formula is C25H40N4O8P2. The summed E-state index contributed by atoms with van der Waals surface area (Å²) in [6.45, 7) is 13.1. The molecule has 12 nitrogen and oxygen atoms in total. The highest BCUT2D eigenvalue weighted by Gasteiger charge is 2.49. The predicted octanol–water partition coefficient (Wildman–Crippen LogP) is 3.85. The van der Waals surface area contributed by atoms with Crippen LogP contribution in [0.1, 0.15) is 60.6 Å². The lowest BCUT2D eigenvalue weighted by Gasteiger charge is -2.38. The summed E-state index contributed by atoms with van der Waals surface area (Å²) in [5.41, 5.74) is 1.89. The first-order valence-corrected chi connectivity index (χ1v) is 15.3. The molecule has 0 aliphatic carbocycles. The van der Waals surface area contributed by atoms with E-state index in [0.29, 0.717) is 13.2 Å². The van der Waals surface area contributed by atoms with Gasteiger partial charge in [-0.3, -0.25) is 14.3 Å². The summed E-state index contributed by atoms with van der Waals surface area (Å²) in [5.74, 6) is 3.10. The van der Waals surface area contributed by atoms with Crippen molar-refractivity contribution in [2.24, 2.45) is 0 Å². The number of nitrogens with one attached hydrogen (secondary N) is 1. The summed E-state index contributed by atoms with van der Waals surface area (Å²) < 4.78 is 39.4. The first kappa shape index (κ1) is 33.5. The molecule has 0 bridgehead atoms. The van der Waals surface area contributed by atoms with Crippen molar-refractivity contribution >= 4 is 16.9 Å². The van der Waals surface area contributed by atoms with E-state index in [1.54, 1.807) is 0 Å². The number of nitriles is 1. The van der Waals surface area contributed by atoms with Gasteiger partial charge in [0.2, 0.25) is 0 Å². The van der Waals surface area contributed by atoms with E-state index >= 15 is 0 Å². The van der Waals surface area contributed by atoms with Crippen LogP contribution in [0.3, 0.4) is 0 Å². The Morgan fingerprint density at radius 3 is 2.33 bits per heavy atom. The van der Waals surface area contributed by atoms with Gasteiger partial charge in [-0.05, 0) is 47.2 Å². The minimum atomic E-state index is -1.64. The Kier molecular flexibility index (Phi) is 14.8. The first-order valence-electron chi connectivity index (χ1n) is 13.0. The van der Waals surface area contributed by atoms with Gasteiger partial charge in [-0.1, -0.05) is 5.92 Å². The lowest BCUT2D eigenvalue weighted by atomic mass is 10.1. The Morgan fingerprint density at radius 1 is 1.13 bits per heavy atom. The number of ether oxygens (including phenoxy) is 2. The third-order valence-corrected chi connectivity index (χ3v) is 8.98. The molecule has 1 aliphatic heterocycles. The topological polar surface area (TPSA) is 137 Å². The minimum Gasteiger partial charge on any atom is -0.374 e. The van der Waals surface area contributed by atoms with Gasteiger partial charge in [0, 0.05) is 37.9 Å². The number of aromatic nitrogens is 2. The number of H-pyrrole nitrogens is 1. The summed E-state index contributed by atoms with van der Waals surface area (Å²) in [4.78, 5) is 26.6. The van der Waals surface area contributed by atoms with Crippen LogP contribution < -0.4 is 11.2 Å². The molecule has 0 aromatic carbocycles. The predicted molar refractivity (Wildman–Crippen MR) is 149 cm³/mol. The van der Waals surface area contributed by atoms with E-state index < -0.39 is 52.7 Å². The van der Waals surface area contributed by atoms with E-state index in [0.717, 1.165) is 0 Å². The van der Waals surface area contributed by atoms with Gasteiger partial charge in [0.15, 0.2) is 6.23 Å². The normalized spacial score (nSPS) is 21.9. The van der Waals surface area contributed by atoms with Crippen molar-refractivity contribution in [1.29, 1.82) is 5.26 Å². The van der Waals surface area contributed by atoms with Crippen LogP contribution >= 0.6 is 16.9 Å². The molecule has 0 saturated carbocycles. The van der Waals surface area contributed by atoms with E-state index in [-0.39, 0.29) is 31.5 Å². The fourth-order valence-electron chi connectivity index (χ4n) is 4.05. The van der Waals surface area contributed by atoms with Crippen molar-refractivity contribution in [1.82, 2.24) is 14.2 Å². The molecule has 218 valence electrons. The lowest BCUT2D eigenvalue weighted by molar-refractivity contribution is -0.0528. The highest BCUT2D eigenvalue weighted by atomic mass is 31.2. The molecular weight excluding hydrogens is 546 g/mol. The largest absolute Gasteiger partial charge is 0.374 e. The molecule has 1 aliphatic rings. The van der Waals surface area contributed by atoms with Crippen LogP contribution in [-0.2, 0) is 27.6 Å². The van der Waals surface area contributed by atoms with Crippen LogP contribution in [0.5, 0.6) is 0 Å². The van der Waals surface area contributed by atoms with Crippen LogP contribution in [0.4, 0.5) is 0 Å². The lowest BCUT2D eigenvalue weighted by Crippen LogP contribution is -2.41. The summed E-state index contributed by atoms with van der Waals surface area (Å²) in [5, 5.41) is 9.06. The Hall–Kier alpha value is -1.69. The van der Waals surface area contributed by atoms with Gasteiger partial charge in [-0.25, -0.2) is 9.46 Å². The maximum atomic E-state index is 12.6. The highest BCUT2D eigenvalue weighted by molar-refractivity contribution is 7.52. The van der Waals surface area contributed by atoms with Gasteiger partial charge in [-0.15, -0.1) is 0 Å². The van der Waals surface area contributed by atoms with Crippen LogP contribution in [-0.4, -0.2) is 71.5 Å². The standard InChI is InChI=1S/C25H40N4O8P2/c1-8-33-38(34-9-2)17-10-12-20-22(37-39(35-16-11-14-26)29(18(3)4)19(5)6)23(32-7)24(36-20)28-15-13-21(30)27-25(28)31/h13,15,18-20,22-24H,8-9,11-12,16H2,1-7H3,(H,27,30,31). The molecule has 5 atom stereocenters. The van der Waals surface area contributed by atoms with Crippen molar-refractivity contribution < 1.29 is 27.6 Å². The van der Waals surface area contributed by atoms with Gasteiger partial charge >= 0.3 is 5.69 Å². The second-order valence-corrected chi connectivity index (χ2v) is 11.6. The van der Waals surface area contributed by atoms with Gasteiger partial charge in [0.05, 0.1) is 32.3 Å². The maximum Gasteiger partial charge on any atom is 0.330 e. The van der Waals surface area contributed by atoms with Crippen molar-refractivity contribution in [3.05, 3.63) is 33.1 Å². The number of hydrogen-bond donors (Lipinski definition) is 1. The van der Waals surface area contributed by atoms with Gasteiger partial charge in [0.25, 0.3) is 22.5 Å². The molecule has 0 spiro atoms. The van der Waals surface area contributed by atoms with Gasteiger partial charge in [-0.2, -0.15) is 5.26 Å². The molecule has 1 aromatic rings. The molecule has 1 aromatic heterocycles. The van der Waals surface area contributed by atoms with E-state index in [4.69, 9.17) is 32.8 Å². The van der Waals surface area contributed by atoms with E-state index in [1.165, 1.54) is 23.9 Å². The molecule has 0 amide bonds. The number of nitrogens with zero attached hydrogens (tertiary/aromatic N) is 3. The third kappa shape index (κ3) is 9.72. The smallest absolute Gasteiger partial charge is 0.330 e. The molecule has 5 unspecified atom stereocenters. The van der Waals surface area contributed by atoms with E-state index in [1.807, 2.05) is 41.5 Å². The third-order valence-electron chi connectivity index (χ3n) is 5.52. The number of methoxy groups -OCH3 is 1. The zero-order valence-electron chi connectivity index (χ0n) is 23.7. The average Bonchev–Trinajstić information content (AvgIpc) is 3.20. The Labute approximate surface area is 232 Å². The molecule has 2 heterocycles. The first-order chi connectivity index (χ1) is 18.7. The molecule has 2 rings (SSSR count). The second kappa shape index (κ2) is 17.2. The van der Waals surface area contributed by atoms with Gasteiger partial charge in [0.1, 0.15) is 18.3 Å². The number of hydrogen-bond acceptors (Lipinski definition) is 10. The number of rotatable bonds is 15. The van der Waals surface area contributed by atoms with Crippen molar-refractivity contribution in [3.63, 3.8) is 0 Å². The van der Waals surface area contributed by atoms with Crippen molar-refractivity contribution in [2.45, 2.75) is 91.0 Å². The Morgan fingerprint density at radius 2 is 1.79 bits per heavy atom. The Balaban J connectivity index is 2.46. The zero-order valence-corrected chi connectivity index (χ0v) is 25.4. The summed E-state index contributed by atoms with van der Waals surface area (Å²) >= 11 is 0. The molecule has 1 fully saturated rings. The molecule has 14 heteroatoms. The Bertz CT molecular complexity index is 1080. The van der Waals surface area contributed by atoms with Crippen molar-refractivity contribution in [2.75, 3.05) is 26.9 Å². The quantitative estimate of drug-likeness (QED) is 0.183. The summed E-state index contributed by atoms with van der Waals surface area (Å²) in [6.07, 6.45) is -1.10. The van der Waals surface area contributed by atoms with Crippen LogP contribution in [0.2, 0.25) is 0 Å². The minimum absolute atomic E-state index is 0.0818. The zero-order chi connectivity index (χ0) is 28.9. The summed E-state index contributed by atoms with van der Waals surface area (Å²) in [7, 11) is -1.50. The van der Waals surface area contributed by atoms with Crippen LogP contribution in [0, 0.1) is 22.9 Å². The van der Waals surface area contributed by atoms with Gasteiger partial charge < -0.3 is 27.6 Å². The fourth-order valence-corrected chi connectivity index (χ4v) is 6.71. The highest BCUT2D eigenvalue weighted by Crippen LogP contribution is 2.50. The van der Waals surface area contributed by atoms with Crippen LogP contribution in [0.15, 0.2) is 21.9 Å². The molecule has 1 saturated heterocycles. The molecule has 39 heavy (non-hydrogen) atoms. The van der Waals surface area contributed by atoms with E-state index in [2.05, 4.69) is 27.3 Å². The summed E-state index contributed by atoms with van der Waals surface area (Å²) in [6, 6.07) is 3.50. The number of aromatic amines is 1. The average molecular weight is 587 g/mol. The SMILES string of the molecule is CCOP(C#CCC1OC(n2ccc(=O)[nH]c2=O)C(OC)C1OP(OCCC#N)N(C(C)C)C(C)C)OCC. The van der Waals surface area contributed by atoms with E-state index in [9.17, 15) is 9.59 Å². The van der Waals surface area contributed by atoms with Crippen molar-refractivity contribution in [3.8, 4) is 17.7 Å². The molecule has 0 radical (unpaired) electrons. The fraction of sp³-hybridized carbons (Fsp3) is 0.720. The second-order valence-electron chi connectivity index (χ2n) is 8.98. The monoisotopic (exact) mass is 586 g/mol. The maximum absolute atomic E-state index is 12.6. The molecule has 1 N–H and O–H groups in total.